The maximum Gasteiger partial charge on any atom is 0.152 e. The average Bonchev–Trinajstić information content (AvgIpc) is 2.82. The Balaban J connectivity index is 1.95. The summed E-state index contributed by atoms with van der Waals surface area (Å²) >= 11 is 1.61. The summed E-state index contributed by atoms with van der Waals surface area (Å²) in [5.41, 5.74) is 7.23. The number of benzene rings is 1. The van der Waals surface area contributed by atoms with Gasteiger partial charge in [0.1, 0.15) is 10.8 Å². The Morgan fingerprint density at radius 1 is 1.38 bits per heavy atom. The standard InChI is InChI=1S/C12H12N2OS/c13-9-7-11(12-14-5-6-16-12)15-10-4-2-1-3-8(9)10/h1-6,9,11H,7,13H2/t9-,11?/m0/s1. The average molecular weight is 232 g/mol. The number of fused-ring (bicyclic) bond motifs is 1. The maximum absolute atomic E-state index is 6.14. The Morgan fingerprint density at radius 3 is 3.06 bits per heavy atom. The Labute approximate surface area is 97.9 Å². The second kappa shape index (κ2) is 3.88. The predicted octanol–water partition coefficient (Wildman–Crippen LogP) is 2.67. The van der Waals surface area contributed by atoms with Crippen LogP contribution in [-0.4, -0.2) is 4.98 Å². The third kappa shape index (κ3) is 1.60. The van der Waals surface area contributed by atoms with Gasteiger partial charge in [-0.1, -0.05) is 18.2 Å². The van der Waals surface area contributed by atoms with Gasteiger partial charge in [-0.05, 0) is 6.07 Å². The van der Waals surface area contributed by atoms with Crippen molar-refractivity contribution in [2.75, 3.05) is 0 Å². The number of hydrogen-bond acceptors (Lipinski definition) is 4. The van der Waals surface area contributed by atoms with E-state index < -0.39 is 0 Å². The van der Waals surface area contributed by atoms with Gasteiger partial charge in [-0.15, -0.1) is 11.3 Å². The van der Waals surface area contributed by atoms with E-state index >= 15 is 0 Å². The van der Waals surface area contributed by atoms with E-state index in [1.165, 1.54) is 0 Å². The zero-order valence-electron chi connectivity index (χ0n) is 8.67. The molecule has 3 rings (SSSR count). The molecule has 0 radical (unpaired) electrons. The summed E-state index contributed by atoms with van der Waals surface area (Å²) in [5, 5.41) is 2.97. The number of nitrogens with two attached hydrogens (primary N) is 1. The predicted molar refractivity (Wildman–Crippen MR) is 63.5 cm³/mol. The van der Waals surface area contributed by atoms with Crippen LogP contribution in [0.5, 0.6) is 5.75 Å². The van der Waals surface area contributed by atoms with Crippen molar-refractivity contribution in [3.05, 3.63) is 46.4 Å². The molecule has 2 atom stereocenters. The number of nitrogens with zero attached hydrogens (tertiary/aromatic N) is 1. The van der Waals surface area contributed by atoms with E-state index in [0.29, 0.717) is 0 Å². The van der Waals surface area contributed by atoms with Crippen molar-refractivity contribution in [1.82, 2.24) is 4.98 Å². The summed E-state index contributed by atoms with van der Waals surface area (Å²) in [5.74, 6) is 0.890. The van der Waals surface area contributed by atoms with Gasteiger partial charge in [0.15, 0.2) is 6.10 Å². The fourth-order valence-electron chi connectivity index (χ4n) is 2.00. The molecule has 82 valence electrons. The second-order valence-electron chi connectivity index (χ2n) is 3.86. The van der Waals surface area contributed by atoms with Crippen molar-refractivity contribution in [2.45, 2.75) is 18.6 Å². The zero-order valence-corrected chi connectivity index (χ0v) is 9.48. The summed E-state index contributed by atoms with van der Waals surface area (Å²) in [7, 11) is 0. The molecule has 1 aromatic carbocycles. The molecule has 0 spiro atoms. The van der Waals surface area contributed by atoms with Crippen LogP contribution in [0.2, 0.25) is 0 Å². The van der Waals surface area contributed by atoms with Crippen LogP contribution >= 0.6 is 11.3 Å². The van der Waals surface area contributed by atoms with Crippen molar-refractivity contribution in [3.8, 4) is 5.75 Å². The lowest BCUT2D eigenvalue weighted by Crippen LogP contribution is -2.23. The molecule has 0 saturated carbocycles. The lowest BCUT2D eigenvalue weighted by atomic mass is 9.97. The molecule has 1 unspecified atom stereocenters. The summed E-state index contributed by atoms with van der Waals surface area (Å²) in [6.07, 6.45) is 2.60. The third-order valence-corrected chi connectivity index (χ3v) is 3.65. The highest BCUT2D eigenvalue weighted by Gasteiger charge is 2.27. The van der Waals surface area contributed by atoms with Crippen LogP contribution in [-0.2, 0) is 0 Å². The van der Waals surface area contributed by atoms with Crippen molar-refractivity contribution in [1.29, 1.82) is 0 Å². The van der Waals surface area contributed by atoms with E-state index in [9.17, 15) is 0 Å². The molecule has 0 amide bonds. The lowest BCUT2D eigenvalue weighted by Gasteiger charge is -2.28. The highest BCUT2D eigenvalue weighted by molar-refractivity contribution is 7.09. The highest BCUT2D eigenvalue weighted by atomic mass is 32.1. The highest BCUT2D eigenvalue weighted by Crippen LogP contribution is 2.39. The number of rotatable bonds is 1. The molecule has 0 fully saturated rings. The molecular formula is C12H12N2OS. The monoisotopic (exact) mass is 232 g/mol. The minimum absolute atomic E-state index is 0.00454. The number of thiazole rings is 1. The van der Waals surface area contributed by atoms with Gasteiger partial charge in [0, 0.05) is 29.6 Å². The second-order valence-corrected chi connectivity index (χ2v) is 4.78. The van der Waals surface area contributed by atoms with Crippen molar-refractivity contribution in [2.24, 2.45) is 5.73 Å². The molecule has 2 N–H and O–H groups in total. The molecule has 0 bridgehead atoms. The molecule has 0 saturated heterocycles. The SMILES string of the molecule is N[C@H]1CC(c2nccs2)Oc2ccccc21. The van der Waals surface area contributed by atoms with Gasteiger partial charge in [-0.2, -0.15) is 0 Å². The van der Waals surface area contributed by atoms with Crippen molar-refractivity contribution < 1.29 is 4.74 Å². The first-order valence-corrected chi connectivity index (χ1v) is 6.13. The molecule has 2 aromatic rings. The van der Waals surface area contributed by atoms with E-state index in [2.05, 4.69) is 4.98 Å². The first-order chi connectivity index (χ1) is 7.84. The van der Waals surface area contributed by atoms with Crippen LogP contribution in [0.1, 0.15) is 29.1 Å². The normalized spacial score (nSPS) is 23.6. The fraction of sp³-hybridized carbons (Fsp3) is 0.250. The van der Waals surface area contributed by atoms with Gasteiger partial charge in [-0.3, -0.25) is 0 Å². The summed E-state index contributed by atoms with van der Waals surface area (Å²) in [4.78, 5) is 4.29. The fourth-order valence-corrected chi connectivity index (χ4v) is 2.68. The zero-order chi connectivity index (χ0) is 11.0. The summed E-state index contributed by atoms with van der Waals surface area (Å²) in [6.45, 7) is 0. The molecule has 16 heavy (non-hydrogen) atoms. The maximum atomic E-state index is 6.14. The number of ether oxygens (including phenoxy) is 1. The van der Waals surface area contributed by atoms with Crippen molar-refractivity contribution in [3.63, 3.8) is 0 Å². The van der Waals surface area contributed by atoms with E-state index in [0.717, 1.165) is 22.7 Å². The molecular weight excluding hydrogens is 220 g/mol. The lowest BCUT2D eigenvalue weighted by molar-refractivity contribution is 0.161. The smallest absolute Gasteiger partial charge is 0.152 e. The topological polar surface area (TPSA) is 48.1 Å². The van der Waals surface area contributed by atoms with E-state index in [1.807, 2.05) is 29.6 Å². The minimum Gasteiger partial charge on any atom is -0.483 e. The van der Waals surface area contributed by atoms with Crippen LogP contribution in [0.15, 0.2) is 35.8 Å². The molecule has 3 nitrogen and oxygen atoms in total. The van der Waals surface area contributed by atoms with Gasteiger partial charge >= 0.3 is 0 Å². The van der Waals surface area contributed by atoms with E-state index in [1.54, 1.807) is 17.5 Å². The van der Waals surface area contributed by atoms with Crippen LogP contribution in [0.4, 0.5) is 0 Å². The van der Waals surface area contributed by atoms with Crippen LogP contribution in [0.25, 0.3) is 0 Å². The molecule has 2 heterocycles. The Bertz CT molecular complexity index is 484. The Hall–Kier alpha value is -1.39. The molecule has 0 aliphatic carbocycles. The molecule has 1 aromatic heterocycles. The Kier molecular flexibility index (Phi) is 2.38. The first-order valence-electron chi connectivity index (χ1n) is 5.25. The summed E-state index contributed by atoms with van der Waals surface area (Å²) in [6, 6.07) is 7.99. The van der Waals surface area contributed by atoms with E-state index in [-0.39, 0.29) is 12.1 Å². The van der Waals surface area contributed by atoms with Crippen LogP contribution < -0.4 is 10.5 Å². The molecule has 1 aliphatic heterocycles. The van der Waals surface area contributed by atoms with Gasteiger partial charge in [-0.25, -0.2) is 4.98 Å². The van der Waals surface area contributed by atoms with Gasteiger partial charge in [0.25, 0.3) is 0 Å². The minimum atomic E-state index is 0.00454. The van der Waals surface area contributed by atoms with Crippen molar-refractivity contribution >= 4 is 11.3 Å². The third-order valence-electron chi connectivity index (χ3n) is 2.78. The van der Waals surface area contributed by atoms with Gasteiger partial charge in [0.05, 0.1) is 0 Å². The van der Waals surface area contributed by atoms with Gasteiger partial charge in [0.2, 0.25) is 0 Å². The quantitative estimate of drug-likeness (QED) is 0.822. The molecule has 1 aliphatic rings. The van der Waals surface area contributed by atoms with E-state index in [4.69, 9.17) is 10.5 Å². The van der Waals surface area contributed by atoms with Gasteiger partial charge < -0.3 is 10.5 Å². The number of para-hydroxylation sites is 1. The van der Waals surface area contributed by atoms with Crippen LogP contribution in [0, 0.1) is 0 Å². The largest absolute Gasteiger partial charge is 0.483 e. The number of aromatic nitrogens is 1. The Morgan fingerprint density at radius 2 is 2.25 bits per heavy atom. The number of hydrogen-bond donors (Lipinski definition) is 1. The molecule has 4 heteroatoms. The van der Waals surface area contributed by atoms with Crippen LogP contribution in [0.3, 0.4) is 0 Å². The first kappa shape index (κ1) is 9.81. The summed E-state index contributed by atoms with van der Waals surface area (Å²) < 4.78 is 5.91.